The predicted molar refractivity (Wildman–Crippen MR) is 109 cm³/mol. The molecule has 0 saturated carbocycles. The first kappa shape index (κ1) is 18.5. The van der Waals surface area contributed by atoms with E-state index in [0.717, 1.165) is 23.2 Å². The molecule has 0 aliphatic rings. The summed E-state index contributed by atoms with van der Waals surface area (Å²) in [4.78, 5) is 21.1. The number of hydrogen-bond acceptors (Lipinski definition) is 5. The van der Waals surface area contributed by atoms with E-state index < -0.39 is 0 Å². The monoisotopic (exact) mass is 384 g/mol. The Labute approximate surface area is 168 Å². The molecule has 0 fully saturated rings. The summed E-state index contributed by atoms with van der Waals surface area (Å²) in [7, 11) is 0. The molecule has 7 heteroatoms. The second kappa shape index (κ2) is 8.43. The van der Waals surface area contributed by atoms with Gasteiger partial charge in [-0.2, -0.15) is 0 Å². The molecule has 0 unspecified atom stereocenters. The van der Waals surface area contributed by atoms with Crippen LogP contribution in [0.3, 0.4) is 0 Å². The van der Waals surface area contributed by atoms with Gasteiger partial charge in [0, 0.05) is 36.9 Å². The third-order valence-electron chi connectivity index (χ3n) is 4.58. The van der Waals surface area contributed by atoms with E-state index in [1.165, 1.54) is 5.56 Å². The summed E-state index contributed by atoms with van der Waals surface area (Å²) in [6, 6.07) is 15.5. The number of nitrogens with one attached hydrogen (secondary N) is 1. The molecule has 144 valence electrons. The molecule has 1 aromatic carbocycles. The lowest BCUT2D eigenvalue weighted by Gasteiger charge is -2.10. The highest BCUT2D eigenvalue weighted by molar-refractivity contribution is 5.98. The molecule has 1 amide bonds. The minimum absolute atomic E-state index is 0.266. The van der Waals surface area contributed by atoms with Crippen molar-refractivity contribution in [3.05, 3.63) is 90.1 Å². The Hall–Kier alpha value is -3.87. The molecule has 0 bridgehead atoms. The Bertz CT molecular complexity index is 1110. The van der Waals surface area contributed by atoms with Crippen LogP contribution in [0, 0.1) is 0 Å². The van der Waals surface area contributed by atoms with Gasteiger partial charge in [0.05, 0.1) is 5.69 Å². The van der Waals surface area contributed by atoms with Crippen molar-refractivity contribution in [2.75, 3.05) is 0 Å². The number of aromatic nitrogens is 5. The van der Waals surface area contributed by atoms with Crippen LogP contribution in [-0.4, -0.2) is 30.9 Å². The third-order valence-corrected chi connectivity index (χ3v) is 4.58. The maximum atomic E-state index is 12.9. The van der Waals surface area contributed by atoms with Crippen molar-refractivity contribution in [1.29, 1.82) is 0 Å². The average molecular weight is 384 g/mol. The zero-order valence-electron chi connectivity index (χ0n) is 16.0. The van der Waals surface area contributed by atoms with Crippen molar-refractivity contribution in [3.8, 4) is 16.9 Å². The maximum absolute atomic E-state index is 12.9. The minimum Gasteiger partial charge on any atom is -0.346 e. The molecule has 3 heterocycles. The van der Waals surface area contributed by atoms with E-state index in [1.54, 1.807) is 29.5 Å². The first-order valence-corrected chi connectivity index (χ1v) is 9.38. The summed E-state index contributed by atoms with van der Waals surface area (Å²) in [5.74, 6) is -0.293. The van der Waals surface area contributed by atoms with Gasteiger partial charge in [-0.3, -0.25) is 14.8 Å². The van der Waals surface area contributed by atoms with Crippen LogP contribution < -0.4 is 5.32 Å². The van der Waals surface area contributed by atoms with E-state index >= 15 is 0 Å². The van der Waals surface area contributed by atoms with Gasteiger partial charge in [-0.15, -0.1) is 5.10 Å². The number of amides is 1. The first-order chi connectivity index (χ1) is 14.3. The van der Waals surface area contributed by atoms with Gasteiger partial charge in [0.25, 0.3) is 5.91 Å². The number of carbonyl (C=O) groups is 1. The van der Waals surface area contributed by atoms with Gasteiger partial charge in [0.15, 0.2) is 5.69 Å². The number of benzene rings is 1. The number of carbonyl (C=O) groups excluding carboxylic acids is 1. The van der Waals surface area contributed by atoms with Crippen LogP contribution in [0.25, 0.3) is 16.9 Å². The van der Waals surface area contributed by atoms with Crippen LogP contribution >= 0.6 is 0 Å². The fourth-order valence-electron chi connectivity index (χ4n) is 3.06. The predicted octanol–water partition coefficient (Wildman–Crippen LogP) is 3.22. The Kier molecular flexibility index (Phi) is 5.38. The van der Waals surface area contributed by atoms with E-state index in [4.69, 9.17) is 0 Å². The van der Waals surface area contributed by atoms with Crippen molar-refractivity contribution in [1.82, 2.24) is 30.3 Å². The normalized spacial score (nSPS) is 10.7. The molecule has 0 spiro atoms. The van der Waals surface area contributed by atoms with Gasteiger partial charge in [-0.25, -0.2) is 4.68 Å². The molecular formula is C22H20N6O. The maximum Gasteiger partial charge on any atom is 0.274 e. The summed E-state index contributed by atoms with van der Waals surface area (Å²) in [5.41, 5.74) is 4.66. The van der Waals surface area contributed by atoms with Gasteiger partial charge >= 0.3 is 0 Å². The van der Waals surface area contributed by atoms with Crippen molar-refractivity contribution < 1.29 is 4.79 Å². The minimum atomic E-state index is -0.293. The highest BCUT2D eigenvalue weighted by Gasteiger charge is 2.22. The third kappa shape index (κ3) is 4.03. The zero-order valence-corrected chi connectivity index (χ0v) is 16.0. The second-order valence-electron chi connectivity index (χ2n) is 6.50. The molecule has 29 heavy (non-hydrogen) atoms. The van der Waals surface area contributed by atoms with E-state index in [0.29, 0.717) is 12.2 Å². The van der Waals surface area contributed by atoms with Crippen molar-refractivity contribution >= 4 is 5.91 Å². The van der Waals surface area contributed by atoms with E-state index in [9.17, 15) is 4.79 Å². The van der Waals surface area contributed by atoms with Crippen LogP contribution in [0.1, 0.15) is 28.5 Å². The summed E-state index contributed by atoms with van der Waals surface area (Å²) in [5, 5.41) is 11.4. The largest absolute Gasteiger partial charge is 0.346 e. The smallest absolute Gasteiger partial charge is 0.274 e. The van der Waals surface area contributed by atoms with Crippen LogP contribution in [0.2, 0.25) is 0 Å². The molecule has 4 aromatic rings. The number of rotatable bonds is 6. The highest BCUT2D eigenvalue weighted by atomic mass is 16.2. The van der Waals surface area contributed by atoms with Gasteiger partial charge in [-0.05, 0) is 47.9 Å². The van der Waals surface area contributed by atoms with Gasteiger partial charge in [0.2, 0.25) is 0 Å². The molecule has 1 N–H and O–H groups in total. The zero-order chi connectivity index (χ0) is 20.1. The highest BCUT2D eigenvalue weighted by Crippen LogP contribution is 2.25. The van der Waals surface area contributed by atoms with E-state index in [-0.39, 0.29) is 11.6 Å². The first-order valence-electron chi connectivity index (χ1n) is 9.38. The average Bonchev–Trinajstić information content (AvgIpc) is 3.24. The fraction of sp³-hybridized carbons (Fsp3) is 0.136. The molecule has 0 radical (unpaired) electrons. The van der Waals surface area contributed by atoms with Crippen LogP contribution in [0.4, 0.5) is 0 Å². The van der Waals surface area contributed by atoms with Gasteiger partial charge in [-0.1, -0.05) is 30.3 Å². The summed E-state index contributed by atoms with van der Waals surface area (Å²) < 4.78 is 1.70. The fourth-order valence-corrected chi connectivity index (χ4v) is 3.06. The molecule has 0 saturated heterocycles. The summed E-state index contributed by atoms with van der Waals surface area (Å²) in [6.07, 6.45) is 7.70. The van der Waals surface area contributed by atoms with Crippen molar-refractivity contribution in [2.45, 2.75) is 19.9 Å². The Morgan fingerprint density at radius 3 is 2.59 bits per heavy atom. The summed E-state index contributed by atoms with van der Waals surface area (Å²) in [6.45, 7) is 2.46. The lowest BCUT2D eigenvalue weighted by atomic mass is 10.1. The molecular weight excluding hydrogens is 364 g/mol. The Morgan fingerprint density at radius 1 is 1.00 bits per heavy atom. The molecule has 4 rings (SSSR count). The molecule has 7 nitrogen and oxygen atoms in total. The van der Waals surface area contributed by atoms with Gasteiger partial charge < -0.3 is 5.32 Å². The quantitative estimate of drug-likeness (QED) is 0.552. The number of aryl methyl sites for hydroxylation is 1. The Balaban J connectivity index is 1.72. The standard InChI is InChI=1S/C22H20N6O/c1-2-16-5-3-7-19(13-16)28-21(18-8-11-23-12-9-18)20(26-27-28)22(29)25-15-17-6-4-10-24-14-17/h3-14H,2,15H2,1H3,(H,25,29). The van der Waals surface area contributed by atoms with E-state index in [2.05, 4.69) is 44.7 Å². The number of hydrogen-bond donors (Lipinski definition) is 1. The molecule has 0 atom stereocenters. The Morgan fingerprint density at radius 2 is 1.83 bits per heavy atom. The van der Waals surface area contributed by atoms with Crippen LogP contribution in [0.15, 0.2) is 73.3 Å². The van der Waals surface area contributed by atoms with Crippen molar-refractivity contribution in [2.24, 2.45) is 0 Å². The van der Waals surface area contributed by atoms with E-state index in [1.807, 2.05) is 36.4 Å². The van der Waals surface area contributed by atoms with Crippen LogP contribution in [0.5, 0.6) is 0 Å². The molecule has 0 aliphatic carbocycles. The topological polar surface area (TPSA) is 85.6 Å². The molecule has 3 aromatic heterocycles. The van der Waals surface area contributed by atoms with Crippen LogP contribution in [-0.2, 0) is 13.0 Å². The number of nitrogens with zero attached hydrogens (tertiary/aromatic N) is 5. The van der Waals surface area contributed by atoms with Gasteiger partial charge in [0.1, 0.15) is 5.69 Å². The SMILES string of the molecule is CCc1cccc(-n2nnc(C(=O)NCc3cccnc3)c2-c2ccncc2)c1. The molecule has 0 aliphatic heterocycles. The second-order valence-corrected chi connectivity index (χ2v) is 6.50. The van der Waals surface area contributed by atoms with Crippen molar-refractivity contribution in [3.63, 3.8) is 0 Å². The lowest BCUT2D eigenvalue weighted by Crippen LogP contribution is -2.24. The number of pyridine rings is 2. The summed E-state index contributed by atoms with van der Waals surface area (Å²) >= 11 is 0. The lowest BCUT2D eigenvalue weighted by molar-refractivity contribution is 0.0946.